The second-order valence-corrected chi connectivity index (χ2v) is 7.08. The van der Waals surface area contributed by atoms with Crippen LogP contribution in [0.2, 0.25) is 0 Å². The Balaban J connectivity index is 1.40. The lowest BCUT2D eigenvalue weighted by atomic mass is 10.0. The van der Waals surface area contributed by atoms with Crippen molar-refractivity contribution in [2.45, 2.75) is 25.8 Å². The quantitative estimate of drug-likeness (QED) is 0.614. The first-order chi connectivity index (χ1) is 14.0. The van der Waals surface area contributed by atoms with Gasteiger partial charge in [-0.25, -0.2) is 4.79 Å². The van der Waals surface area contributed by atoms with Crippen molar-refractivity contribution in [1.82, 2.24) is 9.88 Å². The Bertz CT molecular complexity index is 950. The molecule has 2 aliphatic rings. The molecule has 0 bridgehead atoms. The van der Waals surface area contributed by atoms with E-state index in [4.69, 9.17) is 14.2 Å². The highest BCUT2D eigenvalue weighted by Gasteiger charge is 2.31. The second-order valence-electron chi connectivity index (χ2n) is 7.08. The number of H-pyrrole nitrogens is 1. The van der Waals surface area contributed by atoms with E-state index in [0.717, 1.165) is 18.4 Å². The summed E-state index contributed by atoms with van der Waals surface area (Å²) in [7, 11) is 0. The third kappa shape index (κ3) is 3.96. The van der Waals surface area contributed by atoms with Crippen LogP contribution in [0.1, 0.15) is 52.2 Å². The van der Waals surface area contributed by atoms with E-state index in [0.29, 0.717) is 36.8 Å². The number of fused-ring (bicyclic) bond motifs is 1. The second kappa shape index (κ2) is 7.98. The van der Waals surface area contributed by atoms with E-state index in [2.05, 4.69) is 4.98 Å². The molecule has 0 saturated carbocycles. The van der Waals surface area contributed by atoms with Gasteiger partial charge in [0, 0.05) is 18.3 Å². The van der Waals surface area contributed by atoms with Gasteiger partial charge in [0.2, 0.25) is 0 Å². The average molecular weight is 398 g/mol. The van der Waals surface area contributed by atoms with E-state index in [1.807, 2.05) is 18.2 Å². The molecule has 152 valence electrons. The molecular weight excluding hydrogens is 376 g/mol. The number of benzene rings is 1. The third-order valence-corrected chi connectivity index (χ3v) is 5.16. The largest absolute Gasteiger partial charge is 0.486 e. The predicted molar refractivity (Wildman–Crippen MR) is 102 cm³/mol. The van der Waals surface area contributed by atoms with Crippen LogP contribution in [0.3, 0.4) is 0 Å². The first-order valence-corrected chi connectivity index (χ1v) is 9.58. The van der Waals surface area contributed by atoms with Crippen LogP contribution in [0.4, 0.5) is 0 Å². The van der Waals surface area contributed by atoms with Crippen molar-refractivity contribution >= 4 is 17.7 Å². The van der Waals surface area contributed by atoms with E-state index < -0.39 is 5.97 Å². The van der Waals surface area contributed by atoms with E-state index in [1.54, 1.807) is 4.90 Å². The number of carbonyl (C=O) groups excluding carboxylic acids is 3. The maximum atomic E-state index is 12.7. The monoisotopic (exact) mass is 398 g/mol. The molecule has 1 N–H and O–H groups in total. The minimum atomic E-state index is -0.666. The Morgan fingerprint density at radius 1 is 1.17 bits per heavy atom. The summed E-state index contributed by atoms with van der Waals surface area (Å²) in [5.41, 5.74) is 1.51. The zero-order valence-electron chi connectivity index (χ0n) is 16.1. The molecule has 1 unspecified atom stereocenters. The Morgan fingerprint density at radius 2 is 1.97 bits per heavy atom. The Labute approximate surface area is 167 Å². The molecule has 4 rings (SSSR count). The summed E-state index contributed by atoms with van der Waals surface area (Å²) in [4.78, 5) is 40.6. The summed E-state index contributed by atoms with van der Waals surface area (Å²) >= 11 is 0. The fraction of sp³-hybridized carbons (Fsp3) is 0.381. The van der Waals surface area contributed by atoms with Gasteiger partial charge < -0.3 is 24.1 Å². The van der Waals surface area contributed by atoms with Gasteiger partial charge in [0.05, 0.1) is 6.04 Å². The normalized spacial score (nSPS) is 17.8. The lowest BCUT2D eigenvalue weighted by molar-refractivity contribution is -0.135. The molecule has 0 spiro atoms. The number of hydrogen-bond donors (Lipinski definition) is 1. The summed E-state index contributed by atoms with van der Waals surface area (Å²) in [6.07, 6.45) is 3.15. The van der Waals surface area contributed by atoms with Crippen LogP contribution in [0, 0.1) is 0 Å². The van der Waals surface area contributed by atoms with Gasteiger partial charge in [-0.15, -0.1) is 0 Å². The van der Waals surface area contributed by atoms with Gasteiger partial charge >= 0.3 is 5.97 Å². The predicted octanol–water partition coefficient (Wildman–Crippen LogP) is 2.51. The maximum absolute atomic E-state index is 12.7. The van der Waals surface area contributed by atoms with E-state index in [1.165, 1.54) is 19.2 Å². The number of esters is 1. The van der Waals surface area contributed by atoms with Crippen molar-refractivity contribution in [2.24, 2.45) is 0 Å². The molecule has 8 nitrogen and oxygen atoms in total. The van der Waals surface area contributed by atoms with Crippen LogP contribution in [0.15, 0.2) is 30.5 Å². The van der Waals surface area contributed by atoms with Crippen molar-refractivity contribution in [3.8, 4) is 11.5 Å². The number of likely N-dealkylation sites (tertiary alicyclic amines) is 1. The highest BCUT2D eigenvalue weighted by molar-refractivity contribution is 5.97. The van der Waals surface area contributed by atoms with Crippen LogP contribution in [-0.2, 0) is 9.53 Å². The Kier molecular flexibility index (Phi) is 5.24. The minimum Gasteiger partial charge on any atom is -0.486 e. The van der Waals surface area contributed by atoms with Crippen LogP contribution >= 0.6 is 0 Å². The topological polar surface area (TPSA) is 97.9 Å². The van der Waals surface area contributed by atoms with E-state index >= 15 is 0 Å². The minimum absolute atomic E-state index is 0.0909. The molecule has 8 heteroatoms. The fourth-order valence-electron chi connectivity index (χ4n) is 3.68. The zero-order valence-corrected chi connectivity index (χ0v) is 16.1. The Hall–Kier alpha value is -3.29. The number of rotatable bonds is 5. The number of nitrogens with one attached hydrogen (secondary N) is 1. The van der Waals surface area contributed by atoms with Crippen LogP contribution < -0.4 is 9.47 Å². The number of Topliss-reactive ketones (excluding diaryl/α,β-unsaturated/α-hetero) is 1. The number of amides is 1. The summed E-state index contributed by atoms with van der Waals surface area (Å²) in [5.74, 6) is 0.318. The van der Waals surface area contributed by atoms with Crippen molar-refractivity contribution in [3.05, 3.63) is 47.3 Å². The van der Waals surface area contributed by atoms with Crippen LogP contribution in [0.5, 0.6) is 11.5 Å². The van der Waals surface area contributed by atoms with E-state index in [9.17, 15) is 14.4 Å². The molecule has 0 radical (unpaired) electrons. The lowest BCUT2D eigenvalue weighted by Crippen LogP contribution is -2.34. The maximum Gasteiger partial charge on any atom is 0.355 e. The number of ether oxygens (including phenoxy) is 3. The van der Waals surface area contributed by atoms with Gasteiger partial charge in [0.1, 0.15) is 18.9 Å². The molecular formula is C21H22N2O6. The molecule has 1 fully saturated rings. The van der Waals surface area contributed by atoms with Gasteiger partial charge in [0.15, 0.2) is 23.9 Å². The summed E-state index contributed by atoms with van der Waals surface area (Å²) in [6.45, 7) is 2.69. The Morgan fingerprint density at radius 3 is 2.72 bits per heavy atom. The highest BCUT2D eigenvalue weighted by atomic mass is 16.6. The first kappa shape index (κ1) is 19.0. The number of aromatic amines is 1. The van der Waals surface area contributed by atoms with Gasteiger partial charge in [-0.2, -0.15) is 0 Å². The fourth-order valence-corrected chi connectivity index (χ4v) is 3.68. The lowest BCUT2D eigenvalue weighted by Gasteiger charge is -2.26. The van der Waals surface area contributed by atoms with Crippen molar-refractivity contribution in [3.63, 3.8) is 0 Å². The highest BCUT2D eigenvalue weighted by Crippen LogP contribution is 2.38. The van der Waals surface area contributed by atoms with E-state index in [-0.39, 0.29) is 30.0 Å². The van der Waals surface area contributed by atoms with Crippen molar-refractivity contribution in [2.75, 3.05) is 26.4 Å². The summed E-state index contributed by atoms with van der Waals surface area (Å²) in [6, 6.07) is 7.05. The first-order valence-electron chi connectivity index (χ1n) is 9.58. The van der Waals surface area contributed by atoms with Gasteiger partial charge in [-0.3, -0.25) is 9.59 Å². The molecule has 2 aromatic rings. The SMILES string of the molecule is CC(=O)c1c[nH]c(C(=O)OCC(=O)N2CCCC2c2ccc3c(c2)OCCO3)c1. The summed E-state index contributed by atoms with van der Waals surface area (Å²) in [5, 5.41) is 0. The number of hydrogen-bond acceptors (Lipinski definition) is 6. The molecule has 1 aromatic heterocycles. The van der Waals surface area contributed by atoms with Gasteiger partial charge in [0.25, 0.3) is 5.91 Å². The molecule has 1 amide bonds. The number of aromatic nitrogens is 1. The third-order valence-electron chi connectivity index (χ3n) is 5.16. The number of carbonyl (C=O) groups is 3. The standard InChI is InChI=1S/C21H22N2O6/c1-13(24)15-9-16(22-11-15)21(26)29-12-20(25)23-6-2-3-17(23)14-4-5-18-19(10-14)28-8-7-27-18/h4-5,9-11,17,22H,2-3,6-8,12H2,1H3. The van der Waals surface area contributed by atoms with Crippen LogP contribution in [-0.4, -0.2) is 53.9 Å². The van der Waals surface area contributed by atoms with Gasteiger partial charge in [-0.05, 0) is 43.5 Å². The molecule has 1 aromatic carbocycles. The zero-order chi connectivity index (χ0) is 20.4. The molecule has 0 aliphatic carbocycles. The molecule has 29 heavy (non-hydrogen) atoms. The average Bonchev–Trinajstić information content (AvgIpc) is 3.41. The smallest absolute Gasteiger partial charge is 0.355 e. The van der Waals surface area contributed by atoms with Crippen molar-refractivity contribution < 1.29 is 28.6 Å². The molecule has 2 aliphatic heterocycles. The summed E-state index contributed by atoms with van der Waals surface area (Å²) < 4.78 is 16.3. The van der Waals surface area contributed by atoms with Crippen molar-refractivity contribution in [1.29, 1.82) is 0 Å². The molecule has 3 heterocycles. The molecule has 1 saturated heterocycles. The van der Waals surface area contributed by atoms with Crippen LogP contribution in [0.25, 0.3) is 0 Å². The number of nitrogens with zero attached hydrogens (tertiary/aromatic N) is 1. The van der Waals surface area contributed by atoms with Gasteiger partial charge in [-0.1, -0.05) is 6.07 Å². The number of ketones is 1. The molecule has 1 atom stereocenters.